The van der Waals surface area contributed by atoms with Crippen molar-refractivity contribution in [2.45, 2.75) is 54.5 Å². The molecule has 1 heterocycles. The number of carbonyl (C=O) groups is 1. The highest BCUT2D eigenvalue weighted by molar-refractivity contribution is 5.75. The van der Waals surface area contributed by atoms with Crippen molar-refractivity contribution in [2.24, 2.45) is 10.8 Å². The number of ether oxygens (including phenoxy) is 1. The summed E-state index contributed by atoms with van der Waals surface area (Å²) >= 11 is 0. The number of hydrogen-bond donors (Lipinski definition) is 0. The van der Waals surface area contributed by atoms with Crippen LogP contribution in [-0.4, -0.2) is 27.6 Å². The highest BCUT2D eigenvalue weighted by Gasteiger charge is 2.22. The molecule has 19 heavy (non-hydrogen) atoms. The van der Waals surface area contributed by atoms with Crippen LogP contribution in [0.3, 0.4) is 0 Å². The van der Waals surface area contributed by atoms with Gasteiger partial charge in [-0.2, -0.15) is 0 Å². The summed E-state index contributed by atoms with van der Waals surface area (Å²) in [5, 5.41) is 8.16. The number of esters is 1. The molecule has 5 nitrogen and oxygen atoms in total. The molecule has 0 spiro atoms. The maximum atomic E-state index is 11.6. The summed E-state index contributed by atoms with van der Waals surface area (Å²) in [5.74, 6) is -0.192. The highest BCUT2D eigenvalue weighted by Crippen LogP contribution is 2.18. The van der Waals surface area contributed by atoms with Crippen molar-refractivity contribution in [3.05, 3.63) is 11.9 Å². The van der Waals surface area contributed by atoms with Crippen molar-refractivity contribution < 1.29 is 9.53 Å². The molecule has 1 rings (SSSR count). The van der Waals surface area contributed by atoms with Gasteiger partial charge in [-0.15, -0.1) is 5.10 Å². The van der Waals surface area contributed by atoms with Gasteiger partial charge in [0.05, 0.1) is 17.7 Å². The molecule has 0 bridgehead atoms. The van der Waals surface area contributed by atoms with Crippen LogP contribution in [0.4, 0.5) is 0 Å². The quantitative estimate of drug-likeness (QED) is 0.786. The summed E-state index contributed by atoms with van der Waals surface area (Å²) in [6.45, 7) is 12.9. The number of rotatable bonds is 4. The molecule has 0 aromatic carbocycles. The lowest BCUT2D eigenvalue weighted by atomic mass is 9.91. The Labute approximate surface area is 115 Å². The number of aromatic nitrogens is 3. The summed E-state index contributed by atoms with van der Waals surface area (Å²) in [5.41, 5.74) is 0.703. The maximum absolute atomic E-state index is 11.6. The van der Waals surface area contributed by atoms with E-state index in [1.165, 1.54) is 0 Å². The predicted octanol–water partition coefficient (Wildman–Crippen LogP) is 2.46. The van der Waals surface area contributed by atoms with Crippen molar-refractivity contribution in [2.75, 3.05) is 6.61 Å². The van der Waals surface area contributed by atoms with Crippen LogP contribution in [-0.2, 0) is 22.5 Å². The Morgan fingerprint density at radius 1 is 1.26 bits per heavy atom. The minimum atomic E-state index is -0.459. The summed E-state index contributed by atoms with van der Waals surface area (Å²) < 4.78 is 6.91. The van der Waals surface area contributed by atoms with E-state index in [2.05, 4.69) is 31.1 Å². The third-order valence-corrected chi connectivity index (χ3v) is 2.46. The number of carbonyl (C=O) groups excluding carboxylic acids is 1. The zero-order valence-electron chi connectivity index (χ0n) is 12.9. The first-order valence-electron chi connectivity index (χ1n) is 6.64. The van der Waals surface area contributed by atoms with Gasteiger partial charge in [0.25, 0.3) is 0 Å². The molecule has 1 aromatic heterocycles. The van der Waals surface area contributed by atoms with Gasteiger partial charge in [-0.3, -0.25) is 4.79 Å². The van der Waals surface area contributed by atoms with Crippen LogP contribution >= 0.6 is 0 Å². The van der Waals surface area contributed by atoms with E-state index in [-0.39, 0.29) is 11.4 Å². The van der Waals surface area contributed by atoms with Crippen LogP contribution in [0.5, 0.6) is 0 Å². The van der Waals surface area contributed by atoms with Crippen LogP contribution in [0, 0.1) is 10.8 Å². The predicted molar refractivity (Wildman–Crippen MR) is 73.6 cm³/mol. The van der Waals surface area contributed by atoms with Crippen molar-refractivity contribution in [3.8, 4) is 0 Å². The second-order valence-electron chi connectivity index (χ2n) is 7.10. The van der Waals surface area contributed by atoms with Crippen molar-refractivity contribution in [1.82, 2.24) is 15.0 Å². The van der Waals surface area contributed by atoms with E-state index >= 15 is 0 Å². The van der Waals surface area contributed by atoms with Crippen molar-refractivity contribution in [1.29, 1.82) is 0 Å². The molecule has 0 saturated carbocycles. The molecule has 0 fully saturated rings. The van der Waals surface area contributed by atoms with E-state index in [0.29, 0.717) is 13.2 Å². The van der Waals surface area contributed by atoms with Gasteiger partial charge in [0.2, 0.25) is 0 Å². The lowest BCUT2D eigenvalue weighted by molar-refractivity contribution is -0.153. The third kappa shape index (κ3) is 5.85. The Hall–Kier alpha value is -1.39. The second-order valence-corrected chi connectivity index (χ2v) is 7.10. The minimum Gasteiger partial charge on any atom is -0.463 e. The SMILES string of the molecule is CC(C)(C)Cc1cn(CCOC(=O)C(C)(C)C)nn1. The van der Waals surface area contributed by atoms with Gasteiger partial charge in [-0.25, -0.2) is 4.68 Å². The van der Waals surface area contributed by atoms with Crippen LogP contribution < -0.4 is 0 Å². The lowest BCUT2D eigenvalue weighted by Crippen LogP contribution is -2.24. The lowest BCUT2D eigenvalue weighted by Gasteiger charge is -2.16. The topological polar surface area (TPSA) is 57.0 Å². The molecule has 0 aliphatic heterocycles. The Bertz CT molecular complexity index is 425. The maximum Gasteiger partial charge on any atom is 0.311 e. The molecule has 0 aliphatic rings. The van der Waals surface area contributed by atoms with Gasteiger partial charge in [0.15, 0.2) is 0 Å². The van der Waals surface area contributed by atoms with Gasteiger partial charge in [0.1, 0.15) is 6.61 Å². The van der Waals surface area contributed by atoms with Gasteiger partial charge in [-0.05, 0) is 32.6 Å². The molecule has 0 atom stereocenters. The van der Waals surface area contributed by atoms with Crippen molar-refractivity contribution in [3.63, 3.8) is 0 Å². The molecule has 0 radical (unpaired) electrons. The fourth-order valence-corrected chi connectivity index (χ4v) is 1.52. The third-order valence-electron chi connectivity index (χ3n) is 2.46. The highest BCUT2D eigenvalue weighted by atomic mass is 16.5. The van der Waals surface area contributed by atoms with Gasteiger partial charge < -0.3 is 4.74 Å². The van der Waals surface area contributed by atoms with Gasteiger partial charge >= 0.3 is 5.97 Å². The Balaban J connectivity index is 2.41. The standard InChI is InChI=1S/C14H25N3O2/c1-13(2,3)9-11-10-17(16-15-11)7-8-19-12(18)14(4,5)6/h10H,7-9H2,1-6H3. The molecule has 0 N–H and O–H groups in total. The van der Waals surface area contributed by atoms with Gasteiger partial charge in [-0.1, -0.05) is 26.0 Å². The average molecular weight is 267 g/mol. The summed E-state index contributed by atoms with van der Waals surface area (Å²) in [4.78, 5) is 11.6. The summed E-state index contributed by atoms with van der Waals surface area (Å²) in [7, 11) is 0. The fourth-order valence-electron chi connectivity index (χ4n) is 1.52. The zero-order chi connectivity index (χ0) is 14.7. The monoisotopic (exact) mass is 267 g/mol. The normalized spacial score (nSPS) is 12.5. The molecule has 0 saturated heterocycles. The summed E-state index contributed by atoms with van der Waals surface area (Å²) in [6, 6.07) is 0. The van der Waals surface area contributed by atoms with E-state index in [4.69, 9.17) is 4.74 Å². The smallest absolute Gasteiger partial charge is 0.311 e. The van der Waals surface area contributed by atoms with E-state index in [0.717, 1.165) is 12.1 Å². The molecule has 0 aliphatic carbocycles. The van der Waals surface area contributed by atoms with Crippen LogP contribution in [0.25, 0.3) is 0 Å². The molecular weight excluding hydrogens is 242 g/mol. The molecule has 0 amide bonds. The van der Waals surface area contributed by atoms with E-state index in [1.54, 1.807) is 4.68 Å². The van der Waals surface area contributed by atoms with Gasteiger partial charge in [0, 0.05) is 6.20 Å². The van der Waals surface area contributed by atoms with Crippen LogP contribution in [0.2, 0.25) is 0 Å². The second kappa shape index (κ2) is 5.72. The largest absolute Gasteiger partial charge is 0.463 e. The first kappa shape index (κ1) is 15.7. The molecule has 5 heteroatoms. The molecule has 108 valence electrons. The first-order chi connectivity index (χ1) is 8.58. The fraction of sp³-hybridized carbons (Fsp3) is 0.786. The zero-order valence-corrected chi connectivity index (χ0v) is 12.9. The van der Waals surface area contributed by atoms with Crippen molar-refractivity contribution >= 4 is 5.97 Å². The number of nitrogens with zero attached hydrogens (tertiary/aromatic N) is 3. The molecular formula is C14H25N3O2. The molecule has 1 aromatic rings. The number of hydrogen-bond acceptors (Lipinski definition) is 4. The van der Waals surface area contributed by atoms with Crippen LogP contribution in [0.15, 0.2) is 6.20 Å². The molecule has 0 unspecified atom stereocenters. The van der Waals surface area contributed by atoms with E-state index < -0.39 is 5.41 Å². The average Bonchev–Trinajstić information content (AvgIpc) is 2.61. The first-order valence-corrected chi connectivity index (χ1v) is 6.64. The summed E-state index contributed by atoms with van der Waals surface area (Å²) in [6.07, 6.45) is 2.80. The Kier molecular flexibility index (Phi) is 4.71. The van der Waals surface area contributed by atoms with E-state index in [9.17, 15) is 4.79 Å². The van der Waals surface area contributed by atoms with Crippen LogP contribution in [0.1, 0.15) is 47.2 Å². The Morgan fingerprint density at radius 3 is 2.42 bits per heavy atom. The Morgan fingerprint density at radius 2 is 1.89 bits per heavy atom. The van der Waals surface area contributed by atoms with E-state index in [1.807, 2.05) is 27.0 Å². The minimum absolute atomic E-state index is 0.192.